The molecule has 0 saturated carbocycles. The zero-order valence-electron chi connectivity index (χ0n) is 11.3. The Bertz CT molecular complexity index is 393. The monoisotopic (exact) mass is 283 g/mol. The van der Waals surface area contributed by atoms with Crippen LogP contribution in [0.4, 0.5) is 0 Å². The minimum atomic E-state index is -0.0416. The van der Waals surface area contributed by atoms with E-state index in [0.29, 0.717) is 12.0 Å². The molecule has 1 aromatic rings. The predicted molar refractivity (Wildman–Crippen MR) is 73.2 cm³/mol. The Morgan fingerprint density at radius 1 is 1.58 bits per heavy atom. The van der Waals surface area contributed by atoms with E-state index in [0.717, 1.165) is 51.3 Å². The molecule has 3 rings (SSSR count). The van der Waals surface area contributed by atoms with E-state index >= 15 is 0 Å². The van der Waals surface area contributed by atoms with Crippen LogP contribution in [-0.4, -0.2) is 40.7 Å². The molecule has 19 heavy (non-hydrogen) atoms. The van der Waals surface area contributed by atoms with Crippen molar-refractivity contribution < 1.29 is 9.47 Å². The third kappa shape index (κ3) is 2.81. The van der Waals surface area contributed by atoms with Gasteiger partial charge in [0.15, 0.2) is 0 Å². The van der Waals surface area contributed by atoms with E-state index in [1.807, 2.05) is 6.20 Å². The molecule has 0 aromatic carbocycles. The largest absolute Gasteiger partial charge is 0.378 e. The van der Waals surface area contributed by atoms with Crippen molar-refractivity contribution in [3.05, 3.63) is 11.9 Å². The van der Waals surface area contributed by atoms with E-state index in [-0.39, 0.29) is 5.60 Å². The van der Waals surface area contributed by atoms with E-state index < -0.39 is 0 Å². The van der Waals surface area contributed by atoms with E-state index in [9.17, 15) is 0 Å². The molecule has 0 amide bonds. The highest BCUT2D eigenvalue weighted by Gasteiger charge is 2.43. The molecular formula is C13H21N3O2S. The SMILES string of the molecule is CCNC(c1cnsn1)C1CCOC2(CCOC2)C1. The molecule has 2 aliphatic heterocycles. The van der Waals surface area contributed by atoms with Gasteiger partial charge in [-0.05, 0) is 25.3 Å². The fraction of sp³-hybridized carbons (Fsp3) is 0.846. The minimum absolute atomic E-state index is 0.0416. The van der Waals surface area contributed by atoms with Gasteiger partial charge in [0, 0.05) is 19.6 Å². The lowest BCUT2D eigenvalue weighted by molar-refractivity contribution is -0.103. The summed E-state index contributed by atoms with van der Waals surface area (Å²) in [6.45, 7) is 5.49. The van der Waals surface area contributed by atoms with E-state index in [2.05, 4.69) is 21.0 Å². The summed E-state index contributed by atoms with van der Waals surface area (Å²) in [5.41, 5.74) is 1.04. The Labute approximate surface area is 118 Å². The van der Waals surface area contributed by atoms with Crippen molar-refractivity contribution in [3.8, 4) is 0 Å². The maximum absolute atomic E-state index is 6.02. The van der Waals surface area contributed by atoms with Crippen molar-refractivity contribution >= 4 is 11.7 Å². The molecule has 1 aromatic heterocycles. The van der Waals surface area contributed by atoms with Crippen LogP contribution >= 0.6 is 11.7 Å². The van der Waals surface area contributed by atoms with Gasteiger partial charge in [-0.3, -0.25) is 0 Å². The van der Waals surface area contributed by atoms with Crippen LogP contribution in [0.1, 0.15) is 37.9 Å². The second kappa shape index (κ2) is 5.83. The third-order valence-electron chi connectivity index (χ3n) is 4.19. The Morgan fingerprint density at radius 3 is 3.21 bits per heavy atom. The van der Waals surface area contributed by atoms with Gasteiger partial charge in [0.1, 0.15) is 0 Å². The van der Waals surface area contributed by atoms with Gasteiger partial charge in [-0.1, -0.05) is 6.92 Å². The smallest absolute Gasteiger partial charge is 0.0940 e. The summed E-state index contributed by atoms with van der Waals surface area (Å²) >= 11 is 1.29. The molecule has 0 bridgehead atoms. The molecule has 0 radical (unpaired) electrons. The summed E-state index contributed by atoms with van der Waals surface area (Å²) in [6, 6.07) is 0.296. The first kappa shape index (κ1) is 13.4. The van der Waals surface area contributed by atoms with Gasteiger partial charge < -0.3 is 14.8 Å². The Hall–Kier alpha value is -0.560. The second-order valence-corrected chi connectivity index (χ2v) is 6.01. The van der Waals surface area contributed by atoms with E-state index in [1.54, 1.807) is 0 Å². The van der Waals surface area contributed by atoms with Gasteiger partial charge in [-0.2, -0.15) is 8.75 Å². The first-order valence-corrected chi connectivity index (χ1v) is 7.78. The maximum Gasteiger partial charge on any atom is 0.0940 e. The van der Waals surface area contributed by atoms with Crippen molar-refractivity contribution in [2.45, 2.75) is 37.8 Å². The molecular weight excluding hydrogens is 262 g/mol. The zero-order valence-corrected chi connectivity index (χ0v) is 12.1. The van der Waals surface area contributed by atoms with Gasteiger partial charge in [-0.15, -0.1) is 0 Å². The number of rotatable bonds is 4. The number of aromatic nitrogens is 2. The van der Waals surface area contributed by atoms with Gasteiger partial charge in [0.2, 0.25) is 0 Å². The van der Waals surface area contributed by atoms with Gasteiger partial charge in [-0.25, -0.2) is 0 Å². The van der Waals surface area contributed by atoms with Crippen molar-refractivity contribution in [1.29, 1.82) is 0 Å². The number of hydrogen-bond acceptors (Lipinski definition) is 6. The van der Waals surface area contributed by atoms with E-state index in [1.165, 1.54) is 11.7 Å². The predicted octanol–water partition coefficient (Wildman–Crippen LogP) is 1.77. The number of hydrogen-bond donors (Lipinski definition) is 1. The highest BCUT2D eigenvalue weighted by atomic mass is 32.1. The summed E-state index contributed by atoms with van der Waals surface area (Å²) in [7, 11) is 0. The number of ether oxygens (including phenoxy) is 2. The van der Waals surface area contributed by atoms with Crippen LogP contribution in [0.3, 0.4) is 0 Å². The molecule has 5 nitrogen and oxygen atoms in total. The quantitative estimate of drug-likeness (QED) is 0.912. The van der Waals surface area contributed by atoms with E-state index in [4.69, 9.17) is 9.47 Å². The lowest BCUT2D eigenvalue weighted by atomic mass is 9.80. The molecule has 2 aliphatic rings. The molecule has 106 valence electrons. The van der Waals surface area contributed by atoms with Crippen LogP contribution in [0.25, 0.3) is 0 Å². The summed E-state index contributed by atoms with van der Waals surface area (Å²) in [6.07, 6.45) is 5.06. The topological polar surface area (TPSA) is 56.3 Å². The minimum Gasteiger partial charge on any atom is -0.378 e. The molecule has 3 unspecified atom stereocenters. The van der Waals surface area contributed by atoms with Crippen molar-refractivity contribution in [1.82, 2.24) is 14.1 Å². The third-order valence-corrected chi connectivity index (χ3v) is 4.68. The highest BCUT2D eigenvalue weighted by molar-refractivity contribution is 6.99. The standard InChI is InChI=1S/C13H21N3O2S/c1-2-14-12(11-8-15-19-16-11)10-3-5-18-13(7-10)4-6-17-9-13/h8,10,12,14H,2-7,9H2,1H3. The lowest BCUT2D eigenvalue weighted by Gasteiger charge is -2.40. The lowest BCUT2D eigenvalue weighted by Crippen LogP contribution is -2.44. The summed E-state index contributed by atoms with van der Waals surface area (Å²) in [5, 5.41) is 3.57. The zero-order chi connectivity index (χ0) is 13.1. The van der Waals surface area contributed by atoms with Gasteiger partial charge in [0.05, 0.1) is 41.9 Å². The normalized spacial score (nSPS) is 32.8. The van der Waals surface area contributed by atoms with Crippen LogP contribution < -0.4 is 5.32 Å². The molecule has 2 fully saturated rings. The second-order valence-electron chi connectivity index (χ2n) is 5.45. The van der Waals surface area contributed by atoms with Crippen molar-refractivity contribution in [2.24, 2.45) is 5.92 Å². The number of nitrogens with one attached hydrogen (secondary N) is 1. The first-order chi connectivity index (χ1) is 9.33. The molecule has 3 heterocycles. The molecule has 2 saturated heterocycles. The summed E-state index contributed by atoms with van der Waals surface area (Å²) in [4.78, 5) is 0. The molecule has 6 heteroatoms. The molecule has 3 atom stereocenters. The average molecular weight is 283 g/mol. The highest BCUT2D eigenvalue weighted by Crippen LogP contribution is 2.40. The van der Waals surface area contributed by atoms with Crippen LogP contribution in [-0.2, 0) is 9.47 Å². The Morgan fingerprint density at radius 2 is 2.53 bits per heavy atom. The van der Waals surface area contributed by atoms with Crippen molar-refractivity contribution in [3.63, 3.8) is 0 Å². The molecule has 1 spiro atoms. The molecule has 1 N–H and O–H groups in total. The summed E-state index contributed by atoms with van der Waals surface area (Å²) < 4.78 is 20.1. The molecule has 0 aliphatic carbocycles. The number of nitrogens with zero attached hydrogens (tertiary/aromatic N) is 2. The fourth-order valence-corrected chi connectivity index (χ4v) is 3.71. The summed E-state index contributed by atoms with van der Waals surface area (Å²) in [5.74, 6) is 0.555. The van der Waals surface area contributed by atoms with Crippen LogP contribution in [0, 0.1) is 5.92 Å². The van der Waals surface area contributed by atoms with Gasteiger partial charge >= 0.3 is 0 Å². The average Bonchev–Trinajstić information content (AvgIpc) is 3.08. The Balaban J connectivity index is 1.74. The fourth-order valence-electron chi connectivity index (χ4n) is 3.26. The maximum atomic E-state index is 6.02. The van der Waals surface area contributed by atoms with Crippen LogP contribution in [0.2, 0.25) is 0 Å². The van der Waals surface area contributed by atoms with Gasteiger partial charge in [0.25, 0.3) is 0 Å². The van der Waals surface area contributed by atoms with Crippen LogP contribution in [0.5, 0.6) is 0 Å². The van der Waals surface area contributed by atoms with Crippen LogP contribution in [0.15, 0.2) is 6.20 Å². The van der Waals surface area contributed by atoms with Crippen molar-refractivity contribution in [2.75, 3.05) is 26.4 Å². The first-order valence-electron chi connectivity index (χ1n) is 7.05. The Kier molecular flexibility index (Phi) is 4.12.